The summed E-state index contributed by atoms with van der Waals surface area (Å²) in [6, 6.07) is 12.6. The number of unbranched alkanes of at least 4 members (excludes halogenated alkanes) is 1. The van der Waals surface area contributed by atoms with Gasteiger partial charge in [0.15, 0.2) is 0 Å². The summed E-state index contributed by atoms with van der Waals surface area (Å²) in [5, 5.41) is 1.30. The normalized spacial score (nSPS) is 11.0. The number of ketones is 1. The molecule has 23 heavy (non-hydrogen) atoms. The zero-order valence-corrected chi connectivity index (χ0v) is 13.7. The van der Waals surface area contributed by atoms with Gasteiger partial charge in [-0.15, -0.1) is 0 Å². The molecule has 0 aliphatic carbocycles. The van der Waals surface area contributed by atoms with Crippen LogP contribution in [0.5, 0.6) is 0 Å². The van der Waals surface area contributed by atoms with Crippen LogP contribution in [-0.4, -0.2) is 15.3 Å². The van der Waals surface area contributed by atoms with E-state index in [9.17, 15) is 4.79 Å². The Bertz CT molecular complexity index is 818. The van der Waals surface area contributed by atoms with Crippen LogP contribution in [0.2, 0.25) is 0 Å². The van der Waals surface area contributed by atoms with E-state index < -0.39 is 0 Å². The fraction of sp³-hybridized carbons (Fsp3) is 0.300. The standard InChI is InChI=1S/C20H22N2O/c1-15(23)8-3-4-10-18-16(2)22(17-9-7-13-21-14-17)20-12-6-5-11-19(18)20/h5-7,9,11-14H,3-4,8,10H2,1-2H3. The Morgan fingerprint density at radius 2 is 1.96 bits per heavy atom. The van der Waals surface area contributed by atoms with Crippen molar-refractivity contribution in [3.05, 3.63) is 60.0 Å². The number of aromatic nitrogens is 2. The van der Waals surface area contributed by atoms with Crippen molar-refractivity contribution >= 4 is 16.7 Å². The minimum Gasteiger partial charge on any atom is -0.312 e. The Kier molecular flexibility index (Phi) is 4.56. The van der Waals surface area contributed by atoms with Crippen molar-refractivity contribution in [2.75, 3.05) is 0 Å². The molecule has 1 aromatic carbocycles. The molecule has 0 fully saturated rings. The Morgan fingerprint density at radius 1 is 1.13 bits per heavy atom. The van der Waals surface area contributed by atoms with Crippen molar-refractivity contribution in [3.8, 4) is 5.69 Å². The average molecular weight is 306 g/mol. The second-order valence-electron chi connectivity index (χ2n) is 6.04. The highest BCUT2D eigenvalue weighted by Gasteiger charge is 2.14. The highest BCUT2D eigenvalue weighted by molar-refractivity contribution is 5.87. The van der Waals surface area contributed by atoms with Gasteiger partial charge in [0.05, 0.1) is 17.4 Å². The largest absolute Gasteiger partial charge is 0.312 e. The number of carbonyl (C=O) groups is 1. The molecule has 0 aliphatic heterocycles. The number of hydrogen-bond acceptors (Lipinski definition) is 2. The maximum Gasteiger partial charge on any atom is 0.129 e. The first-order chi connectivity index (χ1) is 11.2. The van der Waals surface area contributed by atoms with Crippen LogP contribution in [0.1, 0.15) is 37.4 Å². The molecular weight excluding hydrogens is 284 g/mol. The van der Waals surface area contributed by atoms with E-state index in [-0.39, 0.29) is 5.78 Å². The van der Waals surface area contributed by atoms with E-state index in [1.54, 1.807) is 13.1 Å². The number of hydrogen-bond donors (Lipinski definition) is 0. The predicted molar refractivity (Wildman–Crippen MR) is 94.0 cm³/mol. The Morgan fingerprint density at radius 3 is 2.70 bits per heavy atom. The molecule has 118 valence electrons. The molecular formula is C20H22N2O. The number of aryl methyl sites for hydroxylation is 1. The fourth-order valence-electron chi connectivity index (χ4n) is 3.24. The molecule has 0 N–H and O–H groups in total. The summed E-state index contributed by atoms with van der Waals surface area (Å²) in [6.45, 7) is 3.84. The molecule has 3 nitrogen and oxygen atoms in total. The minimum atomic E-state index is 0.277. The quantitative estimate of drug-likeness (QED) is 0.622. The zero-order valence-electron chi connectivity index (χ0n) is 13.7. The van der Waals surface area contributed by atoms with Crippen LogP contribution in [0.3, 0.4) is 0 Å². The Labute approximate surface area is 137 Å². The number of benzene rings is 1. The fourth-order valence-corrected chi connectivity index (χ4v) is 3.24. The van der Waals surface area contributed by atoms with E-state index >= 15 is 0 Å². The SMILES string of the molecule is CC(=O)CCCCc1c(C)n(-c2cccnc2)c2ccccc12. The molecule has 0 aliphatic rings. The molecule has 2 aromatic heterocycles. The number of rotatable bonds is 6. The number of para-hydroxylation sites is 1. The summed E-state index contributed by atoms with van der Waals surface area (Å²) in [6.07, 6.45) is 7.39. The van der Waals surface area contributed by atoms with Gasteiger partial charge in [0, 0.05) is 23.7 Å². The van der Waals surface area contributed by atoms with Gasteiger partial charge in [-0.25, -0.2) is 0 Å². The van der Waals surface area contributed by atoms with Crippen molar-refractivity contribution in [2.24, 2.45) is 0 Å². The van der Waals surface area contributed by atoms with Crippen molar-refractivity contribution in [2.45, 2.75) is 39.5 Å². The third kappa shape index (κ3) is 3.19. The van der Waals surface area contributed by atoms with E-state index in [4.69, 9.17) is 0 Å². The van der Waals surface area contributed by atoms with E-state index in [2.05, 4.69) is 46.8 Å². The van der Waals surface area contributed by atoms with Crippen LogP contribution in [0.15, 0.2) is 48.8 Å². The van der Waals surface area contributed by atoms with Gasteiger partial charge in [0.25, 0.3) is 0 Å². The first kappa shape index (κ1) is 15.5. The molecule has 3 aromatic rings. The molecule has 0 spiro atoms. The van der Waals surface area contributed by atoms with Gasteiger partial charge in [-0.3, -0.25) is 4.98 Å². The summed E-state index contributed by atoms with van der Waals surface area (Å²) in [5.74, 6) is 0.277. The van der Waals surface area contributed by atoms with Gasteiger partial charge in [-0.1, -0.05) is 18.2 Å². The third-order valence-corrected chi connectivity index (χ3v) is 4.35. The van der Waals surface area contributed by atoms with E-state index in [0.717, 1.165) is 24.9 Å². The van der Waals surface area contributed by atoms with Crippen LogP contribution in [0.4, 0.5) is 0 Å². The maximum absolute atomic E-state index is 11.1. The van der Waals surface area contributed by atoms with Gasteiger partial charge in [-0.2, -0.15) is 0 Å². The number of pyridine rings is 1. The molecule has 0 atom stereocenters. The lowest BCUT2D eigenvalue weighted by Gasteiger charge is -2.08. The summed E-state index contributed by atoms with van der Waals surface area (Å²) in [7, 11) is 0. The number of Topliss-reactive ketones (excluding diaryl/α,β-unsaturated/α-hetero) is 1. The third-order valence-electron chi connectivity index (χ3n) is 4.35. The lowest BCUT2D eigenvalue weighted by atomic mass is 10.0. The molecule has 0 radical (unpaired) electrons. The van der Waals surface area contributed by atoms with Gasteiger partial charge in [0.1, 0.15) is 5.78 Å². The second kappa shape index (κ2) is 6.78. The molecule has 3 heteroatoms. The molecule has 0 unspecified atom stereocenters. The van der Waals surface area contributed by atoms with Gasteiger partial charge in [-0.05, 0) is 56.9 Å². The van der Waals surface area contributed by atoms with Crippen molar-refractivity contribution in [1.82, 2.24) is 9.55 Å². The average Bonchev–Trinajstić information content (AvgIpc) is 2.84. The molecule has 0 saturated carbocycles. The predicted octanol–water partition coefficient (Wildman–Crippen LogP) is 4.64. The van der Waals surface area contributed by atoms with Crippen LogP contribution in [0.25, 0.3) is 16.6 Å². The second-order valence-corrected chi connectivity index (χ2v) is 6.04. The first-order valence-corrected chi connectivity index (χ1v) is 8.17. The Hall–Kier alpha value is -2.42. The van der Waals surface area contributed by atoms with Crippen LogP contribution < -0.4 is 0 Å². The lowest BCUT2D eigenvalue weighted by Crippen LogP contribution is -1.98. The highest BCUT2D eigenvalue weighted by atomic mass is 16.1. The summed E-state index contributed by atoms with van der Waals surface area (Å²) < 4.78 is 2.28. The van der Waals surface area contributed by atoms with Crippen molar-refractivity contribution in [1.29, 1.82) is 0 Å². The van der Waals surface area contributed by atoms with Crippen LogP contribution in [0, 0.1) is 6.92 Å². The lowest BCUT2D eigenvalue weighted by molar-refractivity contribution is -0.117. The smallest absolute Gasteiger partial charge is 0.129 e. The summed E-state index contributed by atoms with van der Waals surface area (Å²) in [4.78, 5) is 15.4. The van der Waals surface area contributed by atoms with Crippen LogP contribution >= 0.6 is 0 Å². The molecule has 0 bridgehead atoms. The number of carbonyl (C=O) groups excluding carboxylic acids is 1. The van der Waals surface area contributed by atoms with Gasteiger partial charge < -0.3 is 9.36 Å². The van der Waals surface area contributed by atoms with E-state index in [1.807, 2.05) is 12.3 Å². The first-order valence-electron chi connectivity index (χ1n) is 8.17. The topological polar surface area (TPSA) is 34.9 Å². The van der Waals surface area contributed by atoms with E-state index in [0.29, 0.717) is 6.42 Å². The number of fused-ring (bicyclic) bond motifs is 1. The van der Waals surface area contributed by atoms with Crippen LogP contribution in [-0.2, 0) is 11.2 Å². The molecule has 0 amide bonds. The zero-order chi connectivity index (χ0) is 16.2. The summed E-state index contributed by atoms with van der Waals surface area (Å²) in [5.41, 5.74) is 4.96. The molecule has 0 saturated heterocycles. The monoisotopic (exact) mass is 306 g/mol. The van der Waals surface area contributed by atoms with Gasteiger partial charge in [0.2, 0.25) is 0 Å². The van der Waals surface area contributed by atoms with Crippen molar-refractivity contribution in [3.63, 3.8) is 0 Å². The maximum atomic E-state index is 11.1. The minimum absolute atomic E-state index is 0.277. The Balaban J connectivity index is 1.99. The molecule has 3 rings (SSSR count). The van der Waals surface area contributed by atoms with E-state index in [1.165, 1.54) is 22.2 Å². The van der Waals surface area contributed by atoms with Crippen molar-refractivity contribution < 1.29 is 4.79 Å². The number of nitrogens with zero attached hydrogens (tertiary/aromatic N) is 2. The summed E-state index contributed by atoms with van der Waals surface area (Å²) >= 11 is 0. The van der Waals surface area contributed by atoms with Gasteiger partial charge >= 0.3 is 0 Å². The molecule has 2 heterocycles. The highest BCUT2D eigenvalue weighted by Crippen LogP contribution is 2.30.